The van der Waals surface area contributed by atoms with Gasteiger partial charge in [-0.3, -0.25) is 4.79 Å². The zero-order chi connectivity index (χ0) is 26.5. The van der Waals surface area contributed by atoms with Gasteiger partial charge in [-0.2, -0.15) is 0 Å². The molecule has 1 saturated heterocycles. The Morgan fingerprint density at radius 1 is 1.11 bits per heavy atom. The molecule has 0 spiro atoms. The molecule has 38 heavy (non-hydrogen) atoms. The molecule has 2 aliphatic rings. The quantitative estimate of drug-likeness (QED) is 0.301. The minimum Gasteiger partial charge on any atom is -0.472 e. The lowest BCUT2D eigenvalue weighted by atomic mass is 9.97. The topological polar surface area (TPSA) is 79.8 Å². The van der Waals surface area contributed by atoms with Gasteiger partial charge in [-0.15, -0.1) is 5.92 Å². The lowest BCUT2D eigenvalue weighted by Crippen LogP contribution is -2.16. The highest BCUT2D eigenvalue weighted by atomic mass is 19.1. The molecule has 7 nitrogen and oxygen atoms in total. The molecule has 1 unspecified atom stereocenters. The van der Waals surface area contributed by atoms with Crippen LogP contribution in [0.5, 0.6) is 11.8 Å². The van der Waals surface area contributed by atoms with Crippen molar-refractivity contribution in [3.8, 4) is 34.7 Å². The van der Waals surface area contributed by atoms with E-state index in [0.29, 0.717) is 43.4 Å². The number of hydrogen-bond donors (Lipinski definition) is 0. The van der Waals surface area contributed by atoms with Gasteiger partial charge in [0.2, 0.25) is 11.8 Å². The maximum atomic E-state index is 15.0. The number of methoxy groups -OCH3 is 1. The summed E-state index contributed by atoms with van der Waals surface area (Å²) in [5.41, 5.74) is 4.09. The molecule has 3 heterocycles. The number of hydrogen-bond acceptors (Lipinski definition) is 7. The molecule has 1 aliphatic heterocycles. The van der Waals surface area contributed by atoms with Crippen LogP contribution in [0.2, 0.25) is 0 Å². The van der Waals surface area contributed by atoms with E-state index in [2.05, 4.69) is 21.8 Å². The summed E-state index contributed by atoms with van der Waals surface area (Å²) >= 11 is 0. The maximum Gasteiger partial charge on any atom is 0.307 e. The monoisotopic (exact) mass is 516 g/mol. The first-order valence-corrected chi connectivity index (χ1v) is 12.7. The Morgan fingerprint density at radius 3 is 2.61 bits per heavy atom. The second kappa shape index (κ2) is 11.6. The van der Waals surface area contributed by atoms with Gasteiger partial charge in [0.25, 0.3) is 0 Å². The second-order valence-electron chi connectivity index (χ2n) is 9.28. The molecule has 1 fully saturated rings. The number of pyridine rings is 2. The van der Waals surface area contributed by atoms with Crippen LogP contribution >= 0.6 is 0 Å². The van der Waals surface area contributed by atoms with E-state index in [1.807, 2.05) is 18.2 Å². The predicted octanol–water partition coefficient (Wildman–Crippen LogP) is 5.19. The summed E-state index contributed by atoms with van der Waals surface area (Å²) in [6.45, 7) is 3.01. The molecule has 0 bridgehead atoms. The average molecular weight is 517 g/mol. The lowest BCUT2D eigenvalue weighted by molar-refractivity contribution is -0.140. The average Bonchev–Trinajstić information content (AvgIpc) is 3.60. The Morgan fingerprint density at radius 2 is 1.92 bits per heavy atom. The van der Waals surface area contributed by atoms with E-state index in [4.69, 9.17) is 18.9 Å². The third-order valence-electron chi connectivity index (χ3n) is 6.85. The lowest BCUT2D eigenvalue weighted by Gasteiger charge is -2.17. The van der Waals surface area contributed by atoms with Gasteiger partial charge in [-0.1, -0.05) is 18.1 Å². The van der Waals surface area contributed by atoms with Crippen molar-refractivity contribution < 1.29 is 28.1 Å². The molecular weight excluding hydrogens is 487 g/mol. The van der Waals surface area contributed by atoms with Gasteiger partial charge >= 0.3 is 5.97 Å². The standard InChI is InChI=1S/C30H29FN2O5/c1-3-4-19(15-29(34)35-2)20-5-11-28(32-16-20)38-26-10-8-24-23(7-9-25(31)30(24)26)21-6-12-27(33-17-21)37-22-13-14-36-18-22/h5-7,9,11-12,16-17,19,22,26H,8,10,13-15,18H2,1-2H3/t19?,22-,26-/m1/s1. The Kier molecular flexibility index (Phi) is 7.85. The van der Waals surface area contributed by atoms with Gasteiger partial charge in [0.15, 0.2) is 0 Å². The highest BCUT2D eigenvalue weighted by molar-refractivity contribution is 5.71. The van der Waals surface area contributed by atoms with Crippen molar-refractivity contribution in [2.75, 3.05) is 20.3 Å². The molecular formula is C30H29FN2O5. The van der Waals surface area contributed by atoms with Crippen LogP contribution in [0.4, 0.5) is 4.39 Å². The van der Waals surface area contributed by atoms with Crippen molar-refractivity contribution in [3.05, 3.63) is 71.3 Å². The van der Waals surface area contributed by atoms with Crippen LogP contribution < -0.4 is 9.47 Å². The van der Waals surface area contributed by atoms with Crippen molar-refractivity contribution in [3.63, 3.8) is 0 Å². The molecule has 1 aliphatic carbocycles. The van der Waals surface area contributed by atoms with Crippen LogP contribution in [-0.2, 0) is 20.7 Å². The fraction of sp³-hybridized carbons (Fsp3) is 0.367. The highest BCUT2D eigenvalue weighted by Crippen LogP contribution is 2.41. The molecule has 3 atom stereocenters. The molecule has 0 radical (unpaired) electrons. The smallest absolute Gasteiger partial charge is 0.307 e. The van der Waals surface area contributed by atoms with E-state index >= 15 is 4.39 Å². The number of benzene rings is 1. The number of nitrogens with zero attached hydrogens (tertiary/aromatic N) is 2. The summed E-state index contributed by atoms with van der Waals surface area (Å²) in [5.74, 6) is 5.85. The molecule has 0 amide bonds. The third kappa shape index (κ3) is 5.63. The van der Waals surface area contributed by atoms with E-state index in [-0.39, 0.29) is 30.2 Å². The third-order valence-corrected chi connectivity index (χ3v) is 6.85. The number of aromatic nitrogens is 2. The van der Waals surface area contributed by atoms with Crippen molar-refractivity contribution in [1.82, 2.24) is 9.97 Å². The second-order valence-corrected chi connectivity index (χ2v) is 9.28. The molecule has 0 N–H and O–H groups in total. The summed E-state index contributed by atoms with van der Waals surface area (Å²) in [7, 11) is 1.35. The number of fused-ring (bicyclic) bond motifs is 1. The predicted molar refractivity (Wildman–Crippen MR) is 138 cm³/mol. The number of rotatable bonds is 8. The van der Waals surface area contributed by atoms with Crippen LogP contribution in [0.3, 0.4) is 0 Å². The maximum absolute atomic E-state index is 15.0. The van der Waals surface area contributed by atoms with E-state index in [9.17, 15) is 4.79 Å². The van der Waals surface area contributed by atoms with Gasteiger partial charge in [0.1, 0.15) is 18.0 Å². The molecule has 5 rings (SSSR count). The number of ether oxygens (including phenoxy) is 4. The summed E-state index contributed by atoms with van der Waals surface area (Å²) in [5, 5.41) is 0. The highest BCUT2D eigenvalue weighted by Gasteiger charge is 2.30. The summed E-state index contributed by atoms with van der Waals surface area (Å²) < 4.78 is 37.2. The van der Waals surface area contributed by atoms with Crippen molar-refractivity contribution in [1.29, 1.82) is 0 Å². The summed E-state index contributed by atoms with van der Waals surface area (Å²) in [6, 6.07) is 10.6. The summed E-state index contributed by atoms with van der Waals surface area (Å²) in [4.78, 5) is 20.6. The van der Waals surface area contributed by atoms with Crippen LogP contribution in [0.1, 0.15) is 54.9 Å². The van der Waals surface area contributed by atoms with Gasteiger partial charge in [-0.05, 0) is 48.6 Å². The molecule has 2 aromatic heterocycles. The van der Waals surface area contributed by atoms with Gasteiger partial charge in [0, 0.05) is 42.1 Å². The molecule has 8 heteroatoms. The molecule has 0 saturated carbocycles. The minimum absolute atomic E-state index is 0.0299. The van der Waals surface area contributed by atoms with Gasteiger partial charge in [-0.25, -0.2) is 14.4 Å². The molecule has 1 aromatic carbocycles. The van der Waals surface area contributed by atoms with Crippen LogP contribution in [-0.4, -0.2) is 42.4 Å². The largest absolute Gasteiger partial charge is 0.472 e. The van der Waals surface area contributed by atoms with Crippen molar-refractivity contribution >= 4 is 5.97 Å². The Labute approximate surface area is 221 Å². The van der Waals surface area contributed by atoms with E-state index in [1.165, 1.54) is 13.2 Å². The van der Waals surface area contributed by atoms with Gasteiger partial charge in [0.05, 0.1) is 32.7 Å². The summed E-state index contributed by atoms with van der Waals surface area (Å²) in [6.07, 6.45) is 5.28. The van der Waals surface area contributed by atoms with Crippen molar-refractivity contribution in [2.24, 2.45) is 0 Å². The molecule has 196 valence electrons. The molecule has 3 aromatic rings. The van der Waals surface area contributed by atoms with Crippen LogP contribution in [0.15, 0.2) is 48.8 Å². The SMILES string of the molecule is CC#CC(CC(=O)OC)c1ccc(O[C@@H]2CCc3c(-c4ccc(O[C@@H]5CCOC5)nc4)ccc(F)c32)nc1. The van der Waals surface area contributed by atoms with E-state index in [1.54, 1.807) is 31.5 Å². The van der Waals surface area contributed by atoms with E-state index < -0.39 is 6.10 Å². The normalized spacial score (nSPS) is 18.7. The Hall–Kier alpha value is -3.96. The zero-order valence-electron chi connectivity index (χ0n) is 21.4. The zero-order valence-corrected chi connectivity index (χ0v) is 21.4. The first kappa shape index (κ1) is 25.7. The fourth-order valence-electron chi connectivity index (χ4n) is 4.94. The number of carbonyl (C=O) groups is 1. The Bertz CT molecular complexity index is 1340. The Balaban J connectivity index is 1.32. The van der Waals surface area contributed by atoms with Gasteiger partial charge < -0.3 is 18.9 Å². The fourth-order valence-corrected chi connectivity index (χ4v) is 4.94. The minimum atomic E-state index is -0.456. The van der Waals surface area contributed by atoms with E-state index in [0.717, 1.165) is 28.7 Å². The number of carbonyl (C=O) groups excluding carboxylic acids is 1. The van der Waals surface area contributed by atoms with Crippen molar-refractivity contribution in [2.45, 2.75) is 50.7 Å². The van der Waals surface area contributed by atoms with Crippen LogP contribution in [0.25, 0.3) is 11.1 Å². The number of esters is 1. The first-order valence-electron chi connectivity index (χ1n) is 12.7. The first-order chi connectivity index (χ1) is 18.6. The van der Waals surface area contributed by atoms with Crippen LogP contribution in [0, 0.1) is 17.7 Å². The number of halogens is 1.